The number of hydrogen-bond acceptors (Lipinski definition) is 2. The summed E-state index contributed by atoms with van der Waals surface area (Å²) in [6, 6.07) is 0. The molecule has 0 saturated carbocycles. The third kappa shape index (κ3) is 1.63. The normalized spacial score (nSPS) is 17.8. The molecule has 1 aliphatic rings. The van der Waals surface area contributed by atoms with Crippen molar-refractivity contribution in [1.82, 2.24) is 10.6 Å². The van der Waals surface area contributed by atoms with Crippen LogP contribution in [-0.4, -0.2) is 19.7 Å². The van der Waals surface area contributed by atoms with Crippen LogP contribution in [0.2, 0.25) is 0 Å². The van der Waals surface area contributed by atoms with Gasteiger partial charge in [-0.1, -0.05) is 0 Å². The molecule has 0 saturated heterocycles. The Bertz CT molecular complexity index is 172. The zero-order valence-electron chi connectivity index (χ0n) is 6.57. The third-order valence-corrected chi connectivity index (χ3v) is 1.56. The molecule has 0 fully saturated rings. The first-order chi connectivity index (χ1) is 4.70. The fraction of sp³-hybridized carbons (Fsp3) is 0.571. The Kier molecular flexibility index (Phi) is 2.15. The van der Waals surface area contributed by atoms with Crippen LogP contribution in [0.3, 0.4) is 0 Å². The van der Waals surface area contributed by atoms with E-state index in [0.29, 0.717) is 5.92 Å². The van der Waals surface area contributed by atoms with Gasteiger partial charge in [-0.3, -0.25) is 0 Å². The van der Waals surface area contributed by atoms with E-state index in [1.165, 1.54) is 5.70 Å². The average Bonchev–Trinajstić information content (AvgIpc) is 1.88. The van der Waals surface area contributed by atoms with Crippen LogP contribution in [0, 0.1) is 5.92 Å². The van der Waals surface area contributed by atoms with Gasteiger partial charge in [-0.25, -0.2) is 0 Å². The number of rotatable bonds is 1. The molecule has 1 rings (SSSR count). The van der Waals surface area contributed by atoms with E-state index in [2.05, 4.69) is 32.0 Å². The third-order valence-electron chi connectivity index (χ3n) is 1.56. The Morgan fingerprint density at radius 1 is 1.50 bits per heavy atom. The quantitative estimate of drug-likeness (QED) is 0.484. The van der Waals surface area contributed by atoms with E-state index in [1.807, 2.05) is 6.08 Å². The molecule has 10 heavy (non-hydrogen) atoms. The van der Waals surface area contributed by atoms with Crippen molar-refractivity contribution < 1.29 is 0 Å². The van der Waals surface area contributed by atoms with E-state index >= 15 is 0 Å². The maximum absolute atomic E-state index is 3.82. The van der Waals surface area contributed by atoms with E-state index in [4.69, 9.17) is 0 Å². The van der Waals surface area contributed by atoms with Crippen LogP contribution in [0.25, 0.3) is 0 Å². The topological polar surface area (TPSA) is 24.1 Å². The molecule has 3 heteroatoms. The Labute approximate surface area is 62.8 Å². The summed E-state index contributed by atoms with van der Waals surface area (Å²) in [5.74, 6) is 0.568. The van der Waals surface area contributed by atoms with Gasteiger partial charge in [0.25, 0.3) is 0 Å². The molecule has 1 aliphatic heterocycles. The molecule has 0 amide bonds. The van der Waals surface area contributed by atoms with Gasteiger partial charge in [0.1, 0.15) is 0 Å². The maximum atomic E-state index is 3.82. The standard InChI is InChI=1S/C7H13BN2/c1-5(2)6-3-7(8)10-4-9-6/h3,5,8-10H,4H2,1-2H3. The first kappa shape index (κ1) is 7.38. The molecule has 0 aromatic heterocycles. The fourth-order valence-electron chi connectivity index (χ4n) is 0.920. The Morgan fingerprint density at radius 3 is 2.60 bits per heavy atom. The second-order valence-electron chi connectivity index (χ2n) is 2.81. The molecule has 0 spiro atoms. The molecule has 0 aliphatic carbocycles. The molecule has 0 aromatic rings. The summed E-state index contributed by atoms with van der Waals surface area (Å²) in [6.07, 6.45) is 2.05. The van der Waals surface area contributed by atoms with Crippen molar-refractivity contribution in [1.29, 1.82) is 0 Å². The fourth-order valence-corrected chi connectivity index (χ4v) is 0.920. The van der Waals surface area contributed by atoms with E-state index in [0.717, 1.165) is 12.3 Å². The van der Waals surface area contributed by atoms with E-state index in [1.54, 1.807) is 0 Å². The molecule has 0 aromatic carbocycles. The Balaban J connectivity index is 2.66. The predicted octanol–water partition coefficient (Wildman–Crippen LogP) is -0.293. The Hall–Kier alpha value is -0.725. The van der Waals surface area contributed by atoms with Crippen LogP contribution in [0.5, 0.6) is 0 Å². The van der Waals surface area contributed by atoms with Gasteiger partial charge in [-0.05, 0) is 0 Å². The van der Waals surface area contributed by atoms with Gasteiger partial charge in [0.2, 0.25) is 0 Å². The SMILES string of the molecule is B=C1C=C(C(C)C)NCN1. The summed E-state index contributed by atoms with van der Waals surface area (Å²) in [5, 5.41) is 6.32. The first-order valence-corrected chi connectivity index (χ1v) is 3.58. The van der Waals surface area contributed by atoms with Crippen molar-refractivity contribution in [2.45, 2.75) is 13.8 Å². The van der Waals surface area contributed by atoms with Crippen molar-refractivity contribution >= 4 is 13.1 Å². The summed E-state index contributed by atoms with van der Waals surface area (Å²) in [6.45, 7) is 5.14. The Morgan fingerprint density at radius 2 is 2.20 bits per heavy atom. The summed E-state index contributed by atoms with van der Waals surface area (Å²) >= 11 is 0. The van der Waals surface area contributed by atoms with Crippen LogP contribution in [0.1, 0.15) is 13.8 Å². The molecule has 2 nitrogen and oxygen atoms in total. The number of allylic oxidation sites excluding steroid dienone is 1. The predicted molar refractivity (Wildman–Crippen MR) is 46.2 cm³/mol. The van der Waals surface area contributed by atoms with E-state index in [9.17, 15) is 0 Å². The van der Waals surface area contributed by atoms with Gasteiger partial charge < -0.3 is 0 Å². The zero-order chi connectivity index (χ0) is 7.56. The van der Waals surface area contributed by atoms with Gasteiger partial charge in [-0.15, -0.1) is 0 Å². The van der Waals surface area contributed by atoms with Crippen molar-refractivity contribution in [3.05, 3.63) is 11.8 Å². The van der Waals surface area contributed by atoms with Crippen molar-refractivity contribution in [2.24, 2.45) is 5.92 Å². The van der Waals surface area contributed by atoms with E-state index < -0.39 is 0 Å². The molecular weight excluding hydrogens is 123 g/mol. The average molecular weight is 136 g/mol. The molecule has 0 radical (unpaired) electrons. The van der Waals surface area contributed by atoms with Crippen LogP contribution < -0.4 is 10.6 Å². The molecule has 0 atom stereocenters. The van der Waals surface area contributed by atoms with Gasteiger partial charge in [-0.2, -0.15) is 0 Å². The minimum absolute atomic E-state index is 0.568. The zero-order valence-corrected chi connectivity index (χ0v) is 6.57. The second kappa shape index (κ2) is 2.91. The van der Waals surface area contributed by atoms with Crippen LogP contribution in [-0.2, 0) is 0 Å². The summed E-state index contributed by atoms with van der Waals surface area (Å²) in [5.41, 5.74) is 2.27. The van der Waals surface area contributed by atoms with Crippen LogP contribution >= 0.6 is 0 Å². The van der Waals surface area contributed by atoms with E-state index in [-0.39, 0.29) is 0 Å². The van der Waals surface area contributed by atoms with Crippen LogP contribution in [0.4, 0.5) is 0 Å². The molecule has 2 N–H and O–H groups in total. The summed E-state index contributed by atoms with van der Waals surface area (Å²) in [7, 11) is 3.82. The van der Waals surface area contributed by atoms with Crippen LogP contribution in [0.15, 0.2) is 11.8 Å². The van der Waals surface area contributed by atoms with Gasteiger partial charge in [0.05, 0.1) is 0 Å². The molecule has 54 valence electrons. The molecule has 0 bridgehead atoms. The summed E-state index contributed by atoms with van der Waals surface area (Å²) in [4.78, 5) is 0. The van der Waals surface area contributed by atoms with Gasteiger partial charge in [0.15, 0.2) is 0 Å². The van der Waals surface area contributed by atoms with Crippen molar-refractivity contribution in [3.8, 4) is 0 Å². The molecular formula is C7H13BN2. The second-order valence-corrected chi connectivity index (χ2v) is 2.81. The monoisotopic (exact) mass is 136 g/mol. The van der Waals surface area contributed by atoms with Crippen molar-refractivity contribution in [2.75, 3.05) is 6.67 Å². The summed E-state index contributed by atoms with van der Waals surface area (Å²) < 4.78 is 0. The van der Waals surface area contributed by atoms with Gasteiger partial charge >= 0.3 is 61.9 Å². The first-order valence-electron chi connectivity index (χ1n) is 3.58. The number of nitrogens with one attached hydrogen (secondary N) is 2. The molecule has 0 unspecified atom stereocenters. The van der Waals surface area contributed by atoms with Gasteiger partial charge in [0, 0.05) is 0 Å². The van der Waals surface area contributed by atoms with Crippen molar-refractivity contribution in [3.63, 3.8) is 0 Å². The molecule has 1 heterocycles. The number of hydrogen-bond donors (Lipinski definition) is 2. The minimum atomic E-state index is 0.568.